The molecule has 0 bridgehead atoms. The second-order valence-electron chi connectivity index (χ2n) is 3.51. The second-order valence-corrected chi connectivity index (χ2v) is 7.83. The van der Waals surface area contributed by atoms with Crippen molar-refractivity contribution in [2.24, 2.45) is 0 Å². The maximum Gasteiger partial charge on any atom is 0.252 e. The number of halogens is 3. The first-order chi connectivity index (χ1) is 8.56. The molecule has 2 rings (SSSR count). The standard InChI is InChI=1S/C12H8Br3NOS/c13-7-1-3-9(10(14)5-7)12(17)16-6-8-2-4-11(15)18-8/h1-5H,6H2,(H,16,17). The van der Waals surface area contributed by atoms with Crippen LogP contribution in [0.4, 0.5) is 0 Å². The Hall–Kier alpha value is -0.170. The highest BCUT2D eigenvalue weighted by Gasteiger charge is 2.10. The quantitative estimate of drug-likeness (QED) is 0.698. The third kappa shape index (κ3) is 3.66. The molecule has 94 valence electrons. The van der Waals surface area contributed by atoms with Crippen molar-refractivity contribution in [2.45, 2.75) is 6.54 Å². The summed E-state index contributed by atoms with van der Waals surface area (Å²) >= 11 is 11.8. The molecular weight excluding hydrogens is 446 g/mol. The van der Waals surface area contributed by atoms with Crippen LogP contribution in [0.15, 0.2) is 43.1 Å². The van der Waals surface area contributed by atoms with Crippen molar-refractivity contribution in [3.05, 3.63) is 53.5 Å². The lowest BCUT2D eigenvalue weighted by Crippen LogP contribution is -2.22. The molecule has 0 aliphatic heterocycles. The molecule has 1 aromatic heterocycles. The van der Waals surface area contributed by atoms with Crippen molar-refractivity contribution in [1.82, 2.24) is 5.32 Å². The molecule has 0 atom stereocenters. The number of hydrogen-bond donors (Lipinski definition) is 1. The SMILES string of the molecule is O=C(NCc1ccc(Br)s1)c1ccc(Br)cc1Br. The lowest BCUT2D eigenvalue weighted by atomic mass is 10.2. The zero-order valence-electron chi connectivity index (χ0n) is 9.04. The monoisotopic (exact) mass is 451 g/mol. The van der Waals surface area contributed by atoms with Gasteiger partial charge in [-0.1, -0.05) is 15.9 Å². The highest BCUT2D eigenvalue weighted by atomic mass is 79.9. The number of nitrogens with one attached hydrogen (secondary N) is 1. The molecule has 0 fully saturated rings. The first-order valence-corrected chi connectivity index (χ1v) is 8.23. The number of amides is 1. The first kappa shape index (κ1) is 14.2. The summed E-state index contributed by atoms with van der Waals surface area (Å²) in [6, 6.07) is 9.46. The van der Waals surface area contributed by atoms with Crippen LogP contribution in [0.1, 0.15) is 15.2 Å². The molecule has 1 N–H and O–H groups in total. The molecule has 1 heterocycles. The van der Waals surface area contributed by atoms with Gasteiger partial charge >= 0.3 is 0 Å². The lowest BCUT2D eigenvalue weighted by Gasteiger charge is -2.06. The van der Waals surface area contributed by atoms with Crippen molar-refractivity contribution < 1.29 is 4.79 Å². The molecule has 0 unspecified atom stereocenters. The number of benzene rings is 1. The molecule has 0 aliphatic rings. The van der Waals surface area contributed by atoms with Crippen molar-refractivity contribution >= 4 is 65.0 Å². The van der Waals surface area contributed by atoms with Crippen molar-refractivity contribution in [1.29, 1.82) is 0 Å². The highest BCUT2D eigenvalue weighted by molar-refractivity contribution is 9.11. The molecule has 0 saturated carbocycles. The maximum absolute atomic E-state index is 12.0. The van der Waals surface area contributed by atoms with Gasteiger partial charge in [0.2, 0.25) is 0 Å². The highest BCUT2D eigenvalue weighted by Crippen LogP contribution is 2.23. The van der Waals surface area contributed by atoms with E-state index in [9.17, 15) is 4.79 Å². The van der Waals surface area contributed by atoms with E-state index in [1.54, 1.807) is 17.4 Å². The topological polar surface area (TPSA) is 29.1 Å². The van der Waals surface area contributed by atoms with Crippen LogP contribution in [0.2, 0.25) is 0 Å². The van der Waals surface area contributed by atoms with Crippen LogP contribution in [0, 0.1) is 0 Å². The summed E-state index contributed by atoms with van der Waals surface area (Å²) in [5.74, 6) is -0.0844. The summed E-state index contributed by atoms with van der Waals surface area (Å²) < 4.78 is 2.78. The minimum Gasteiger partial charge on any atom is -0.347 e. The summed E-state index contributed by atoms with van der Waals surface area (Å²) in [6.07, 6.45) is 0. The Balaban J connectivity index is 2.03. The minimum atomic E-state index is -0.0844. The van der Waals surface area contributed by atoms with Gasteiger partial charge in [-0.2, -0.15) is 0 Å². The van der Waals surface area contributed by atoms with E-state index in [0.717, 1.165) is 17.6 Å². The summed E-state index contributed by atoms with van der Waals surface area (Å²) in [5, 5.41) is 2.89. The van der Waals surface area contributed by atoms with Crippen molar-refractivity contribution in [3.63, 3.8) is 0 Å². The smallest absolute Gasteiger partial charge is 0.252 e. The van der Waals surface area contributed by atoms with E-state index in [2.05, 4.69) is 53.1 Å². The van der Waals surface area contributed by atoms with E-state index in [0.29, 0.717) is 12.1 Å². The van der Waals surface area contributed by atoms with E-state index in [1.807, 2.05) is 24.3 Å². The summed E-state index contributed by atoms with van der Waals surface area (Å²) in [4.78, 5) is 13.1. The third-order valence-electron chi connectivity index (χ3n) is 2.23. The largest absolute Gasteiger partial charge is 0.347 e. The fourth-order valence-corrected chi connectivity index (χ4v) is 4.03. The molecule has 1 aromatic carbocycles. The fraction of sp³-hybridized carbons (Fsp3) is 0.0833. The van der Waals surface area contributed by atoms with Crippen LogP contribution in [0.25, 0.3) is 0 Å². The molecule has 6 heteroatoms. The Morgan fingerprint density at radius 1 is 1.17 bits per heavy atom. The average Bonchev–Trinajstić information content (AvgIpc) is 2.72. The van der Waals surface area contributed by atoms with E-state index in [-0.39, 0.29) is 5.91 Å². The van der Waals surface area contributed by atoms with Gasteiger partial charge in [0.1, 0.15) is 0 Å². The molecular formula is C12H8Br3NOS. The van der Waals surface area contributed by atoms with E-state index >= 15 is 0 Å². The number of rotatable bonds is 3. The van der Waals surface area contributed by atoms with Gasteiger partial charge < -0.3 is 5.32 Å². The van der Waals surface area contributed by atoms with Crippen LogP contribution < -0.4 is 5.32 Å². The van der Waals surface area contributed by atoms with E-state index < -0.39 is 0 Å². The van der Waals surface area contributed by atoms with Crippen LogP contribution in [0.3, 0.4) is 0 Å². The molecule has 18 heavy (non-hydrogen) atoms. The molecule has 0 radical (unpaired) electrons. The fourth-order valence-electron chi connectivity index (χ4n) is 1.38. The minimum absolute atomic E-state index is 0.0844. The predicted octanol–water partition coefficient (Wildman–Crippen LogP) is 4.97. The molecule has 0 aliphatic carbocycles. The van der Waals surface area contributed by atoms with Gasteiger partial charge in [0.25, 0.3) is 5.91 Å². The number of carbonyl (C=O) groups is 1. The van der Waals surface area contributed by atoms with Gasteiger partial charge in [-0.25, -0.2) is 0 Å². The van der Waals surface area contributed by atoms with Gasteiger partial charge in [-0.05, 0) is 62.2 Å². The van der Waals surface area contributed by atoms with Crippen LogP contribution >= 0.6 is 59.1 Å². The predicted molar refractivity (Wildman–Crippen MR) is 85.0 cm³/mol. The van der Waals surface area contributed by atoms with Crippen LogP contribution in [0.5, 0.6) is 0 Å². The zero-order chi connectivity index (χ0) is 13.1. The maximum atomic E-state index is 12.0. The van der Waals surface area contributed by atoms with Crippen LogP contribution in [-0.4, -0.2) is 5.91 Å². The molecule has 2 nitrogen and oxygen atoms in total. The Morgan fingerprint density at radius 3 is 2.56 bits per heavy atom. The Bertz CT molecular complexity index is 582. The Kier molecular flexibility index (Phi) is 5.00. The summed E-state index contributed by atoms with van der Waals surface area (Å²) in [6.45, 7) is 0.539. The molecule has 2 aromatic rings. The van der Waals surface area contributed by atoms with Crippen LogP contribution in [-0.2, 0) is 6.54 Å². The Morgan fingerprint density at radius 2 is 1.94 bits per heavy atom. The van der Waals surface area contributed by atoms with Gasteiger partial charge in [-0.3, -0.25) is 4.79 Å². The van der Waals surface area contributed by atoms with E-state index in [4.69, 9.17) is 0 Å². The summed E-state index contributed by atoms with van der Waals surface area (Å²) in [5.41, 5.74) is 0.633. The molecule has 0 saturated heterocycles. The third-order valence-corrected chi connectivity index (χ3v) is 5.00. The average molecular weight is 454 g/mol. The number of thiophene rings is 1. The second kappa shape index (κ2) is 6.32. The van der Waals surface area contributed by atoms with E-state index in [1.165, 1.54) is 0 Å². The van der Waals surface area contributed by atoms with Gasteiger partial charge in [0, 0.05) is 13.8 Å². The first-order valence-electron chi connectivity index (χ1n) is 5.04. The van der Waals surface area contributed by atoms with Crippen molar-refractivity contribution in [2.75, 3.05) is 0 Å². The molecule has 1 amide bonds. The van der Waals surface area contributed by atoms with Crippen molar-refractivity contribution in [3.8, 4) is 0 Å². The number of carbonyl (C=O) groups excluding carboxylic acids is 1. The van der Waals surface area contributed by atoms with Gasteiger partial charge in [0.05, 0.1) is 15.9 Å². The number of hydrogen-bond acceptors (Lipinski definition) is 2. The Labute approximate surface area is 134 Å². The molecule has 0 spiro atoms. The summed E-state index contributed by atoms with van der Waals surface area (Å²) in [7, 11) is 0. The zero-order valence-corrected chi connectivity index (χ0v) is 14.6. The normalized spacial score (nSPS) is 10.4. The van der Waals surface area contributed by atoms with Gasteiger partial charge in [0.15, 0.2) is 0 Å². The van der Waals surface area contributed by atoms with Gasteiger partial charge in [-0.15, -0.1) is 11.3 Å². The lowest BCUT2D eigenvalue weighted by molar-refractivity contribution is 0.0950.